The summed E-state index contributed by atoms with van der Waals surface area (Å²) in [6.45, 7) is 4.11. The van der Waals surface area contributed by atoms with Crippen LogP contribution in [0.2, 0.25) is 0 Å². The van der Waals surface area contributed by atoms with Crippen molar-refractivity contribution in [3.63, 3.8) is 0 Å². The number of urea groups is 2. The molecular weight excluding hydrogens is 1600 g/mol. The van der Waals surface area contributed by atoms with Gasteiger partial charge in [0.25, 0.3) is 23.6 Å². The minimum absolute atomic E-state index is 0.0209. The van der Waals surface area contributed by atoms with Gasteiger partial charge in [-0.2, -0.15) is 0 Å². The van der Waals surface area contributed by atoms with Crippen LogP contribution >= 0.6 is 0 Å². The lowest BCUT2D eigenvalue weighted by Gasteiger charge is -2.41. The van der Waals surface area contributed by atoms with E-state index in [1.54, 1.807) is 0 Å². The number of aromatic nitrogens is 10. The number of anilines is 3. The highest BCUT2D eigenvalue weighted by Gasteiger charge is 2.37. The number of benzene rings is 4. The second-order valence-electron chi connectivity index (χ2n) is 35.1. The first-order valence-electron chi connectivity index (χ1n) is 45.6. The fourth-order valence-electron chi connectivity index (χ4n) is 19.8. The Labute approximate surface area is 741 Å². The number of Topliss-reactive ketones (excluding diaryl/α,β-unsaturated/α-hetero) is 2. The summed E-state index contributed by atoms with van der Waals surface area (Å²) in [5.74, 6) is -1.53. The topological polar surface area (TPSA) is 407 Å². The van der Waals surface area contributed by atoms with Crippen molar-refractivity contribution < 1.29 is 48.3 Å². The van der Waals surface area contributed by atoms with Crippen LogP contribution in [-0.4, -0.2) is 166 Å². The minimum Gasteiger partial charge on any atom is -0.476 e. The maximum atomic E-state index is 13.6. The van der Waals surface area contributed by atoms with E-state index in [-0.39, 0.29) is 165 Å². The predicted octanol–water partition coefficient (Wildman–Crippen LogP) is 14.9. The monoisotopic (exact) mass is 1720 g/mol. The number of nitrogens with one attached hydrogen (secondary N) is 6. The Kier molecular flexibility index (Phi) is 31.7. The summed E-state index contributed by atoms with van der Waals surface area (Å²) in [7, 11) is 0. The number of carbonyl (C=O) groups excluding carboxylic acids is 8. The van der Waals surface area contributed by atoms with Gasteiger partial charge < -0.3 is 41.9 Å². The van der Waals surface area contributed by atoms with Crippen LogP contribution in [0.3, 0.4) is 0 Å². The van der Waals surface area contributed by atoms with Gasteiger partial charge in [0.15, 0.2) is 57.5 Å². The number of likely N-dealkylation sites (tertiary alicyclic amines) is 1. The van der Waals surface area contributed by atoms with Crippen LogP contribution in [0.1, 0.15) is 292 Å². The largest absolute Gasteiger partial charge is 0.476 e. The molecule has 1 saturated heterocycles. The summed E-state index contributed by atoms with van der Waals surface area (Å²) in [5, 5.41) is 27.0. The number of nitrogen functional groups attached to an aromatic ring is 1. The number of carbonyl (C=O) groups is 9. The number of fused-ring (bicyclic) bond motifs is 4. The molecule has 5 fully saturated rings. The predicted molar refractivity (Wildman–Crippen MR) is 481 cm³/mol. The molecule has 29 nitrogen and oxygen atoms in total. The van der Waals surface area contributed by atoms with E-state index in [0.717, 1.165) is 135 Å². The van der Waals surface area contributed by atoms with Gasteiger partial charge in [0.05, 0.1) is 0 Å². The Hall–Kier alpha value is -12.7. The lowest BCUT2D eigenvalue weighted by Crippen LogP contribution is -2.50. The number of aromatic carboxylic acids is 1. The Balaban J connectivity index is 0.000000131. The molecule has 1 aliphatic heterocycles. The standard InChI is InChI=1S/C27H35N5O2.C22H27N5O2.C22H25N3O2.C16H14N2O3.C11H16N4O/c33-26(30-21-17-19-9-7-8-10-20(19)18-21)24-25(29-16-15-28-24)31-27(34)32(22-11-3-1-4-12-22)23-13-5-2-6-14-23;1-14-6-5-7-15(2)27(14)22(29)26-20-19(23-10-11-24-20)21(28)25-18-12-16-8-3-4-9-17(16)13-18;26-19(14-15-12-16-6-4-5-7-17(16)13-15)20-21(24-11-10-23-20)22(27)25-18-8-2-1-3-9-18;19-13(14-15(16(20)21)18-6-5-17-14)9-10-7-11-3-1-2-4-12(11)8-10;12-10-9(13-6-7-14-10)11(16)15-8-4-2-1-3-5-8/h7-10,15-16,21-23H,1-6,11-14,17-18H2,(H,30,33)(H,29,31,34);3-4,8-11,14-15,18H,5-7,12-13H2,1-2H3,(H,25,28)(H,24,26,29);4-7,10-11,15,18H,1-3,8-9,12-14H2,(H,25,27);1-6,10H,7-9H2,(H,20,21);6-8H,1-5H2,(H2,12,14)(H,15,16)/t;14-,15+;;;. The van der Waals surface area contributed by atoms with Crippen molar-refractivity contribution in [1.82, 2.24) is 80.9 Å². The van der Waals surface area contributed by atoms with Crippen molar-refractivity contribution in [2.24, 2.45) is 11.8 Å². The zero-order valence-corrected chi connectivity index (χ0v) is 72.7. The van der Waals surface area contributed by atoms with E-state index < -0.39 is 5.97 Å². The van der Waals surface area contributed by atoms with Gasteiger partial charge in [0.1, 0.15) is 11.4 Å². The molecule has 664 valence electrons. The lowest BCUT2D eigenvalue weighted by atomic mass is 9.89. The van der Waals surface area contributed by atoms with Crippen molar-refractivity contribution in [3.8, 4) is 0 Å². The van der Waals surface area contributed by atoms with Crippen molar-refractivity contribution in [2.75, 3.05) is 16.4 Å². The van der Waals surface area contributed by atoms with Crippen LogP contribution < -0.4 is 37.6 Å². The number of carboxylic acids is 1. The van der Waals surface area contributed by atoms with Gasteiger partial charge in [-0.25, -0.2) is 64.2 Å². The molecule has 4 aromatic carbocycles. The molecular formula is C98H117N19O10. The van der Waals surface area contributed by atoms with Crippen molar-refractivity contribution in [1.29, 1.82) is 0 Å². The third-order valence-corrected chi connectivity index (χ3v) is 26.0. The summed E-state index contributed by atoms with van der Waals surface area (Å²) in [4.78, 5) is 158. The molecule has 29 heteroatoms. The first-order valence-corrected chi connectivity index (χ1v) is 45.6. The van der Waals surface area contributed by atoms with Crippen molar-refractivity contribution in [3.05, 3.63) is 243 Å². The molecule has 9 aromatic rings. The molecule has 8 aliphatic carbocycles. The zero-order chi connectivity index (χ0) is 88.5. The second-order valence-corrected chi connectivity index (χ2v) is 35.1. The van der Waals surface area contributed by atoms with Gasteiger partial charge >= 0.3 is 18.0 Å². The fourth-order valence-corrected chi connectivity index (χ4v) is 19.8. The number of hydrogen-bond donors (Lipinski definition) is 8. The van der Waals surface area contributed by atoms with Crippen LogP contribution in [0.15, 0.2) is 159 Å². The third kappa shape index (κ3) is 24.3. The summed E-state index contributed by atoms with van der Waals surface area (Å²) in [6, 6.07) is 34.0. The summed E-state index contributed by atoms with van der Waals surface area (Å²) < 4.78 is 0. The molecule has 0 bridgehead atoms. The molecule has 0 radical (unpaired) electrons. The molecule has 8 amide bonds. The van der Waals surface area contributed by atoms with E-state index >= 15 is 0 Å². The number of piperidine rings is 1. The molecule has 0 unspecified atom stereocenters. The van der Waals surface area contributed by atoms with Gasteiger partial charge in [-0.1, -0.05) is 174 Å². The first kappa shape index (κ1) is 90.6. The van der Waals surface area contributed by atoms with E-state index in [9.17, 15) is 43.2 Å². The van der Waals surface area contributed by atoms with E-state index in [0.29, 0.717) is 12.8 Å². The summed E-state index contributed by atoms with van der Waals surface area (Å²) in [5.41, 5.74) is 16.5. The van der Waals surface area contributed by atoms with Crippen LogP contribution in [0, 0.1) is 11.8 Å². The summed E-state index contributed by atoms with van der Waals surface area (Å²) in [6.07, 6.45) is 47.7. The van der Waals surface area contributed by atoms with Gasteiger partial charge in [-0.05, 0) is 192 Å². The van der Waals surface area contributed by atoms with Crippen molar-refractivity contribution in [2.45, 2.75) is 274 Å². The van der Waals surface area contributed by atoms with Crippen LogP contribution in [0.4, 0.5) is 27.0 Å². The van der Waals surface area contributed by atoms with Crippen LogP contribution in [-0.2, 0) is 51.4 Å². The van der Waals surface area contributed by atoms with E-state index in [1.807, 2.05) is 53.4 Å². The molecule has 5 aromatic heterocycles. The molecule has 9 aliphatic rings. The molecule has 18 rings (SSSR count). The van der Waals surface area contributed by atoms with E-state index in [4.69, 9.17) is 10.8 Å². The maximum Gasteiger partial charge on any atom is 0.356 e. The van der Waals surface area contributed by atoms with Crippen LogP contribution in [0.5, 0.6) is 0 Å². The number of ketones is 2. The molecule has 6 heterocycles. The number of nitrogens with zero attached hydrogens (tertiary/aromatic N) is 12. The van der Waals surface area contributed by atoms with Gasteiger partial charge in [-0.3, -0.25) is 39.4 Å². The molecule has 9 N–H and O–H groups in total. The molecule has 2 atom stereocenters. The quantitative estimate of drug-likeness (QED) is 0.0349. The number of rotatable bonds is 19. The van der Waals surface area contributed by atoms with Gasteiger partial charge in [-0.15, -0.1) is 0 Å². The molecule has 0 spiro atoms. The van der Waals surface area contributed by atoms with E-state index in [1.165, 1.54) is 171 Å². The van der Waals surface area contributed by atoms with Gasteiger partial charge in [0.2, 0.25) is 0 Å². The first-order chi connectivity index (χ1) is 61.8. The SMILES string of the molecule is C[C@@H]1CCC[C@H](C)N1C(=O)Nc1nccnc1C(=O)NC1Cc2ccccc2C1.Nc1nccnc1C(=O)NC1CCCCC1.O=C(CC1Cc2ccccc2C1)c1nccnc1C(=O)NC1CCCCC1.O=C(NC1Cc2ccccc2C1)c1nccnc1NC(=O)N(C1CCCCC1)C1CCCCC1.O=C(O)c1nccnc1C(=O)CC1Cc2ccccc2C1. The smallest absolute Gasteiger partial charge is 0.356 e. The minimum atomic E-state index is -1.22. The van der Waals surface area contributed by atoms with Crippen LogP contribution in [0.25, 0.3) is 0 Å². The normalized spacial score (nSPS) is 18.3. The average Bonchev–Trinajstić information content (AvgIpc) is 1.75. The third-order valence-electron chi connectivity index (χ3n) is 26.0. The van der Waals surface area contributed by atoms with E-state index in [2.05, 4.69) is 149 Å². The Morgan fingerprint density at radius 2 is 0.638 bits per heavy atom. The fraction of sp³-hybridized carbons (Fsp3) is 0.459. The van der Waals surface area contributed by atoms with Crippen molar-refractivity contribution >= 4 is 70.7 Å². The summed E-state index contributed by atoms with van der Waals surface area (Å²) >= 11 is 0. The average molecular weight is 1720 g/mol. The lowest BCUT2D eigenvalue weighted by molar-refractivity contribution is 0.0682. The second kappa shape index (κ2) is 44.5. The highest BCUT2D eigenvalue weighted by atomic mass is 16.4. The highest BCUT2D eigenvalue weighted by Crippen LogP contribution is 2.35. The number of amides is 8. The maximum absolute atomic E-state index is 13.6. The number of hydrogen-bond acceptors (Lipinski definition) is 20. The Bertz CT molecular complexity index is 5210. The zero-order valence-electron chi connectivity index (χ0n) is 72.7. The Morgan fingerprint density at radius 3 is 1.02 bits per heavy atom. The molecule has 4 saturated carbocycles. The molecule has 127 heavy (non-hydrogen) atoms. The number of nitrogens with two attached hydrogens (primary N) is 1. The number of carboxylic acid groups (broad SMARTS) is 1. The highest BCUT2D eigenvalue weighted by molar-refractivity contribution is 6.06. The van der Waals surface area contributed by atoms with Gasteiger partial charge in [0, 0.05) is 123 Å². The Morgan fingerprint density at radius 1 is 0.339 bits per heavy atom.